The zero-order chi connectivity index (χ0) is 20.1. The van der Waals surface area contributed by atoms with Crippen LogP contribution in [-0.4, -0.2) is 17.0 Å². The number of carbonyl (C=O) groups excluding carboxylic acids is 1. The molecule has 1 heterocycles. The van der Waals surface area contributed by atoms with E-state index in [1.165, 1.54) is 12.3 Å². The number of carbonyl (C=O) groups is 1. The topological polar surface area (TPSA) is 97.7 Å². The lowest BCUT2D eigenvalue weighted by Gasteiger charge is -2.05. The molecule has 3 rings (SSSR count). The molecule has 0 fully saturated rings. The van der Waals surface area contributed by atoms with Gasteiger partial charge in [-0.2, -0.15) is 5.10 Å². The van der Waals surface area contributed by atoms with Crippen LogP contribution >= 0.6 is 0 Å². The molecule has 3 aromatic rings. The quantitative estimate of drug-likeness (QED) is 0.396. The van der Waals surface area contributed by atoms with Crippen molar-refractivity contribution in [1.29, 1.82) is 0 Å². The molecule has 142 valence electrons. The maximum atomic E-state index is 12.1. The minimum atomic E-state index is -0.459. The number of nitrogens with zero attached hydrogens (tertiary/aromatic N) is 2. The Morgan fingerprint density at radius 1 is 1.18 bits per heavy atom. The molecule has 0 unspecified atom stereocenters. The van der Waals surface area contributed by atoms with Crippen molar-refractivity contribution < 1.29 is 14.1 Å². The van der Waals surface area contributed by atoms with E-state index in [-0.39, 0.29) is 18.0 Å². The molecule has 0 aliphatic heterocycles. The molecule has 0 spiro atoms. The van der Waals surface area contributed by atoms with E-state index in [1.807, 2.05) is 32.0 Å². The summed E-state index contributed by atoms with van der Waals surface area (Å²) in [6, 6.07) is 15.5. The second-order valence-electron chi connectivity index (χ2n) is 6.38. The fourth-order valence-electron chi connectivity index (χ4n) is 2.83. The van der Waals surface area contributed by atoms with Gasteiger partial charge in [-0.25, -0.2) is 5.43 Å². The van der Waals surface area contributed by atoms with Crippen LogP contribution < -0.4 is 5.43 Å². The van der Waals surface area contributed by atoms with Crippen LogP contribution in [0, 0.1) is 24.0 Å². The fourth-order valence-corrected chi connectivity index (χ4v) is 2.83. The molecule has 7 nitrogen and oxygen atoms in total. The van der Waals surface area contributed by atoms with Gasteiger partial charge in [0, 0.05) is 6.07 Å². The first kappa shape index (κ1) is 19.0. The summed E-state index contributed by atoms with van der Waals surface area (Å²) in [4.78, 5) is 22.7. The minimum absolute atomic E-state index is 0.0397. The third-order valence-electron chi connectivity index (χ3n) is 4.22. The second-order valence-corrected chi connectivity index (χ2v) is 6.38. The Labute approximate surface area is 161 Å². The Bertz CT molecular complexity index is 1050. The van der Waals surface area contributed by atoms with Crippen molar-refractivity contribution in [3.63, 3.8) is 0 Å². The van der Waals surface area contributed by atoms with Crippen molar-refractivity contribution in [1.82, 2.24) is 5.43 Å². The van der Waals surface area contributed by atoms with Crippen molar-refractivity contribution >= 4 is 17.8 Å². The van der Waals surface area contributed by atoms with Crippen LogP contribution in [0.3, 0.4) is 0 Å². The number of hydrogen-bond donors (Lipinski definition) is 1. The third kappa shape index (κ3) is 4.50. The lowest BCUT2D eigenvalue weighted by molar-refractivity contribution is -0.384. The first-order chi connectivity index (χ1) is 13.4. The number of hydrogen-bond acceptors (Lipinski definition) is 5. The Morgan fingerprint density at radius 3 is 2.71 bits per heavy atom. The van der Waals surface area contributed by atoms with Gasteiger partial charge in [-0.1, -0.05) is 35.9 Å². The standard InChI is InChI=1S/C21H19N3O4/c1-14-7-8-16(15(2)11-14)12-21(25)23-22-13-17-9-10-20(28-17)18-5-3-4-6-19(18)24(26)27/h3-11,13H,12H2,1-2H3,(H,23,25)/b22-13-. The van der Waals surface area contributed by atoms with Crippen LogP contribution in [0.4, 0.5) is 5.69 Å². The highest BCUT2D eigenvalue weighted by atomic mass is 16.6. The summed E-state index contributed by atoms with van der Waals surface area (Å²) in [6.45, 7) is 3.97. The lowest BCUT2D eigenvalue weighted by atomic mass is 10.0. The van der Waals surface area contributed by atoms with Crippen LogP contribution in [-0.2, 0) is 11.2 Å². The Morgan fingerprint density at radius 2 is 1.96 bits per heavy atom. The number of nitro groups is 1. The molecular formula is C21H19N3O4. The molecule has 0 radical (unpaired) electrons. The average molecular weight is 377 g/mol. The van der Waals surface area contributed by atoms with Crippen LogP contribution in [0.25, 0.3) is 11.3 Å². The van der Waals surface area contributed by atoms with Crippen molar-refractivity contribution in [2.75, 3.05) is 0 Å². The van der Waals surface area contributed by atoms with E-state index in [9.17, 15) is 14.9 Å². The number of amides is 1. The number of benzene rings is 2. The van der Waals surface area contributed by atoms with Crippen LogP contribution in [0.5, 0.6) is 0 Å². The van der Waals surface area contributed by atoms with E-state index in [0.717, 1.165) is 16.7 Å². The van der Waals surface area contributed by atoms with Gasteiger partial charge in [0.2, 0.25) is 5.91 Å². The third-order valence-corrected chi connectivity index (χ3v) is 4.22. The summed E-state index contributed by atoms with van der Waals surface area (Å²) in [7, 11) is 0. The number of para-hydroxylation sites is 1. The van der Waals surface area contributed by atoms with Crippen molar-refractivity contribution in [2.45, 2.75) is 20.3 Å². The van der Waals surface area contributed by atoms with E-state index < -0.39 is 4.92 Å². The molecule has 1 aromatic heterocycles. The van der Waals surface area contributed by atoms with Gasteiger partial charge in [0.15, 0.2) is 0 Å². The first-order valence-corrected chi connectivity index (χ1v) is 8.65. The van der Waals surface area contributed by atoms with Gasteiger partial charge >= 0.3 is 0 Å². The number of aryl methyl sites for hydroxylation is 2. The maximum absolute atomic E-state index is 12.1. The number of rotatable bonds is 6. The predicted molar refractivity (Wildman–Crippen MR) is 106 cm³/mol. The molecule has 28 heavy (non-hydrogen) atoms. The molecule has 0 bridgehead atoms. The van der Waals surface area contributed by atoms with Gasteiger partial charge in [-0.3, -0.25) is 14.9 Å². The van der Waals surface area contributed by atoms with E-state index in [4.69, 9.17) is 4.42 Å². The predicted octanol–water partition coefficient (Wildman–Crippen LogP) is 4.16. The number of nitrogens with one attached hydrogen (secondary N) is 1. The maximum Gasteiger partial charge on any atom is 0.280 e. The monoisotopic (exact) mass is 377 g/mol. The summed E-state index contributed by atoms with van der Waals surface area (Å²) in [6.07, 6.45) is 1.58. The van der Waals surface area contributed by atoms with Crippen LogP contribution in [0.1, 0.15) is 22.5 Å². The van der Waals surface area contributed by atoms with Gasteiger partial charge in [-0.05, 0) is 43.2 Å². The van der Waals surface area contributed by atoms with E-state index in [1.54, 1.807) is 30.3 Å². The van der Waals surface area contributed by atoms with Crippen LogP contribution in [0.15, 0.2) is 64.1 Å². The van der Waals surface area contributed by atoms with E-state index in [0.29, 0.717) is 17.1 Å². The van der Waals surface area contributed by atoms with Gasteiger partial charge in [0.05, 0.1) is 23.1 Å². The zero-order valence-electron chi connectivity index (χ0n) is 15.5. The van der Waals surface area contributed by atoms with Crippen molar-refractivity contribution in [3.05, 3.63) is 87.2 Å². The summed E-state index contributed by atoms with van der Waals surface area (Å²) < 4.78 is 5.59. The molecule has 0 atom stereocenters. The Balaban J connectivity index is 1.64. The summed E-state index contributed by atoms with van der Waals surface area (Å²) >= 11 is 0. The largest absolute Gasteiger partial charge is 0.455 e. The number of furan rings is 1. The van der Waals surface area contributed by atoms with Crippen molar-refractivity contribution in [3.8, 4) is 11.3 Å². The highest BCUT2D eigenvalue weighted by Gasteiger charge is 2.16. The molecule has 7 heteroatoms. The van der Waals surface area contributed by atoms with E-state index >= 15 is 0 Å². The van der Waals surface area contributed by atoms with Gasteiger partial charge < -0.3 is 4.42 Å². The summed E-state index contributed by atoms with van der Waals surface area (Å²) in [5, 5.41) is 15.0. The van der Waals surface area contributed by atoms with Crippen molar-refractivity contribution in [2.24, 2.45) is 5.10 Å². The van der Waals surface area contributed by atoms with Gasteiger partial charge in [0.1, 0.15) is 11.5 Å². The van der Waals surface area contributed by atoms with Gasteiger partial charge in [0.25, 0.3) is 5.69 Å². The molecular weight excluding hydrogens is 358 g/mol. The SMILES string of the molecule is Cc1ccc(CC(=O)N/N=C\c2ccc(-c3ccccc3[N+](=O)[O-])o2)c(C)c1. The highest BCUT2D eigenvalue weighted by Crippen LogP contribution is 2.30. The average Bonchev–Trinajstić information content (AvgIpc) is 3.13. The second kappa shape index (κ2) is 8.30. The first-order valence-electron chi connectivity index (χ1n) is 8.65. The molecule has 0 aliphatic rings. The molecule has 2 aromatic carbocycles. The molecule has 1 N–H and O–H groups in total. The Hall–Kier alpha value is -3.74. The fraction of sp³-hybridized carbons (Fsp3) is 0.143. The number of nitro benzene ring substituents is 1. The summed E-state index contributed by atoms with van der Waals surface area (Å²) in [5.41, 5.74) is 5.94. The smallest absolute Gasteiger partial charge is 0.280 e. The lowest BCUT2D eigenvalue weighted by Crippen LogP contribution is -2.20. The molecule has 0 aliphatic carbocycles. The highest BCUT2D eigenvalue weighted by molar-refractivity contribution is 5.82. The molecule has 1 amide bonds. The summed E-state index contributed by atoms with van der Waals surface area (Å²) in [5.74, 6) is 0.490. The Kier molecular flexibility index (Phi) is 5.64. The number of hydrazone groups is 1. The molecule has 0 saturated heterocycles. The molecule has 0 saturated carbocycles. The zero-order valence-corrected chi connectivity index (χ0v) is 15.5. The van der Waals surface area contributed by atoms with E-state index in [2.05, 4.69) is 10.5 Å². The van der Waals surface area contributed by atoms with Gasteiger partial charge in [-0.15, -0.1) is 0 Å². The van der Waals surface area contributed by atoms with Crippen LogP contribution in [0.2, 0.25) is 0 Å². The normalized spacial score (nSPS) is 10.9. The minimum Gasteiger partial charge on any atom is -0.455 e.